The highest BCUT2D eigenvalue weighted by atomic mass is 32.2. The number of anilines is 1. The van der Waals surface area contributed by atoms with Crippen LogP contribution in [0.2, 0.25) is 0 Å². The van der Waals surface area contributed by atoms with Gasteiger partial charge in [0.25, 0.3) is 0 Å². The van der Waals surface area contributed by atoms with Crippen molar-refractivity contribution >= 4 is 23.4 Å². The van der Waals surface area contributed by atoms with Crippen LogP contribution in [0.5, 0.6) is 0 Å². The zero-order chi connectivity index (χ0) is 16.8. The van der Waals surface area contributed by atoms with Gasteiger partial charge in [0.15, 0.2) is 0 Å². The molecule has 24 heavy (non-hydrogen) atoms. The second-order valence-corrected chi connectivity index (χ2v) is 5.99. The molecule has 1 aromatic heterocycles. The van der Waals surface area contributed by atoms with Gasteiger partial charge in [0.05, 0.1) is 12.3 Å². The third-order valence-electron chi connectivity index (χ3n) is 3.17. The van der Waals surface area contributed by atoms with Crippen molar-refractivity contribution in [1.82, 2.24) is 10.2 Å². The molecule has 0 spiro atoms. The van der Waals surface area contributed by atoms with Crippen LogP contribution in [0.3, 0.4) is 0 Å². The number of hydrogen-bond acceptors (Lipinski definition) is 6. The molecule has 0 aliphatic carbocycles. The Labute approximate surface area is 143 Å². The molecular formula is C17H16N4O2S. The lowest BCUT2D eigenvalue weighted by atomic mass is 10.2. The highest BCUT2D eigenvalue weighted by Gasteiger charge is 2.09. The first-order valence-corrected chi connectivity index (χ1v) is 8.33. The van der Waals surface area contributed by atoms with E-state index in [0.717, 1.165) is 16.1 Å². The number of para-hydroxylation sites is 1. The number of aromatic nitrogens is 2. The number of rotatable bonds is 7. The Morgan fingerprint density at radius 2 is 1.83 bits per heavy atom. The first-order chi connectivity index (χ1) is 11.7. The molecule has 1 heterocycles. The van der Waals surface area contributed by atoms with Gasteiger partial charge in [-0.15, -0.1) is 22.0 Å². The van der Waals surface area contributed by atoms with Crippen LogP contribution in [0.4, 0.5) is 5.69 Å². The van der Waals surface area contributed by atoms with Crippen LogP contribution in [-0.2, 0) is 11.3 Å². The molecule has 0 saturated heterocycles. The van der Waals surface area contributed by atoms with E-state index >= 15 is 0 Å². The summed E-state index contributed by atoms with van der Waals surface area (Å²) >= 11 is 1.39. The molecule has 0 bridgehead atoms. The Hall–Kier alpha value is -2.80. The predicted octanol–water partition coefficient (Wildman–Crippen LogP) is 2.93. The minimum absolute atomic E-state index is 0.234. The predicted molar refractivity (Wildman–Crippen MR) is 93.4 cm³/mol. The molecule has 1 amide bonds. The minimum Gasteiger partial charge on any atom is -0.419 e. The number of benzene rings is 2. The molecule has 2 aromatic carbocycles. The summed E-state index contributed by atoms with van der Waals surface area (Å²) in [6, 6.07) is 17.3. The molecule has 6 nitrogen and oxygen atoms in total. The molecule has 3 rings (SSSR count). The number of thioether (sulfide) groups is 1. The Bertz CT molecular complexity index is 820. The topological polar surface area (TPSA) is 94.0 Å². The third-order valence-corrected chi connectivity index (χ3v) is 4.27. The largest absolute Gasteiger partial charge is 0.419 e. The van der Waals surface area contributed by atoms with E-state index in [2.05, 4.69) is 15.5 Å². The van der Waals surface area contributed by atoms with Gasteiger partial charge in [-0.3, -0.25) is 4.79 Å². The van der Waals surface area contributed by atoms with Gasteiger partial charge in [-0.1, -0.05) is 30.3 Å². The molecule has 0 atom stereocenters. The summed E-state index contributed by atoms with van der Waals surface area (Å²) in [5.41, 5.74) is 6.97. The number of nitrogens with zero attached hydrogens (tertiary/aromatic N) is 2. The molecule has 3 aromatic rings. The molecule has 0 fully saturated rings. The maximum absolute atomic E-state index is 10.9. The van der Waals surface area contributed by atoms with Crippen LogP contribution in [0.1, 0.15) is 5.89 Å². The highest BCUT2D eigenvalue weighted by Crippen LogP contribution is 2.27. The van der Waals surface area contributed by atoms with Crippen LogP contribution in [0.15, 0.2) is 63.9 Å². The van der Waals surface area contributed by atoms with Crippen molar-refractivity contribution in [3.8, 4) is 11.5 Å². The zero-order valence-electron chi connectivity index (χ0n) is 12.8. The van der Waals surface area contributed by atoms with E-state index in [1.165, 1.54) is 11.8 Å². The number of amides is 1. The van der Waals surface area contributed by atoms with Crippen molar-refractivity contribution in [1.29, 1.82) is 0 Å². The molecular weight excluding hydrogens is 324 g/mol. The van der Waals surface area contributed by atoms with Gasteiger partial charge < -0.3 is 15.5 Å². The normalized spacial score (nSPS) is 10.5. The molecule has 0 radical (unpaired) electrons. The molecule has 0 aliphatic rings. The smallest absolute Gasteiger partial charge is 0.247 e. The van der Waals surface area contributed by atoms with Gasteiger partial charge in [0.2, 0.25) is 17.7 Å². The summed E-state index contributed by atoms with van der Waals surface area (Å²) < 4.78 is 5.66. The second-order valence-electron chi connectivity index (χ2n) is 4.97. The fourth-order valence-electron chi connectivity index (χ4n) is 2.08. The number of hydrogen-bond donors (Lipinski definition) is 2. The molecule has 3 N–H and O–H groups in total. The lowest BCUT2D eigenvalue weighted by Crippen LogP contribution is -2.13. The number of primary amides is 1. The third kappa shape index (κ3) is 4.14. The number of carbonyl (C=O) groups excluding carboxylic acids is 1. The molecule has 0 aliphatic heterocycles. The first kappa shape index (κ1) is 16.1. The molecule has 0 saturated carbocycles. The van der Waals surface area contributed by atoms with Crippen molar-refractivity contribution in [3.05, 3.63) is 60.5 Å². The second kappa shape index (κ2) is 7.65. The van der Waals surface area contributed by atoms with Crippen LogP contribution in [-0.4, -0.2) is 21.9 Å². The molecule has 7 heteroatoms. The fraction of sp³-hybridized carbons (Fsp3) is 0.118. The summed E-state index contributed by atoms with van der Waals surface area (Å²) in [4.78, 5) is 11.9. The Morgan fingerprint density at radius 3 is 2.62 bits per heavy atom. The number of nitrogens with one attached hydrogen (secondary N) is 1. The van der Waals surface area contributed by atoms with Crippen molar-refractivity contribution in [2.24, 2.45) is 5.73 Å². The van der Waals surface area contributed by atoms with E-state index < -0.39 is 0 Å². The van der Waals surface area contributed by atoms with E-state index in [1.54, 1.807) is 0 Å². The van der Waals surface area contributed by atoms with E-state index in [1.807, 2.05) is 54.6 Å². The fourth-order valence-corrected chi connectivity index (χ4v) is 2.85. The van der Waals surface area contributed by atoms with Crippen molar-refractivity contribution in [3.63, 3.8) is 0 Å². The van der Waals surface area contributed by atoms with Crippen molar-refractivity contribution in [2.75, 3.05) is 11.1 Å². The Balaban J connectivity index is 1.66. The zero-order valence-corrected chi connectivity index (χ0v) is 13.6. The van der Waals surface area contributed by atoms with Gasteiger partial charge in [-0.05, 0) is 24.3 Å². The summed E-state index contributed by atoms with van der Waals surface area (Å²) in [7, 11) is 0. The van der Waals surface area contributed by atoms with Gasteiger partial charge in [0, 0.05) is 16.1 Å². The summed E-state index contributed by atoms with van der Waals surface area (Å²) in [5.74, 6) is 0.865. The molecule has 0 unspecified atom stereocenters. The van der Waals surface area contributed by atoms with Gasteiger partial charge in [-0.25, -0.2) is 0 Å². The van der Waals surface area contributed by atoms with Gasteiger partial charge in [-0.2, -0.15) is 0 Å². The quantitative estimate of drug-likeness (QED) is 0.642. The standard InChI is InChI=1S/C17H16N4O2S/c18-15(22)11-24-14-9-5-4-8-13(14)19-10-16-20-21-17(23-16)12-6-2-1-3-7-12/h1-9,19H,10-11H2,(H2,18,22). The van der Waals surface area contributed by atoms with E-state index in [-0.39, 0.29) is 11.7 Å². The van der Waals surface area contributed by atoms with E-state index in [4.69, 9.17) is 10.2 Å². The average Bonchev–Trinajstić information content (AvgIpc) is 3.08. The van der Waals surface area contributed by atoms with Crippen LogP contribution < -0.4 is 11.1 Å². The van der Waals surface area contributed by atoms with Gasteiger partial charge >= 0.3 is 0 Å². The maximum Gasteiger partial charge on any atom is 0.247 e. The SMILES string of the molecule is NC(=O)CSc1ccccc1NCc1nnc(-c2ccccc2)o1. The van der Waals surface area contributed by atoms with E-state index in [9.17, 15) is 4.79 Å². The summed E-state index contributed by atoms with van der Waals surface area (Å²) in [6.45, 7) is 0.397. The van der Waals surface area contributed by atoms with Crippen LogP contribution in [0.25, 0.3) is 11.5 Å². The summed E-state index contributed by atoms with van der Waals surface area (Å²) in [5, 5.41) is 11.4. The van der Waals surface area contributed by atoms with Crippen LogP contribution >= 0.6 is 11.8 Å². The van der Waals surface area contributed by atoms with Gasteiger partial charge in [0.1, 0.15) is 0 Å². The van der Waals surface area contributed by atoms with Crippen molar-refractivity contribution < 1.29 is 9.21 Å². The maximum atomic E-state index is 10.9. The minimum atomic E-state index is -0.348. The number of nitrogens with two attached hydrogens (primary N) is 1. The lowest BCUT2D eigenvalue weighted by Gasteiger charge is -2.09. The molecule has 122 valence electrons. The highest BCUT2D eigenvalue weighted by molar-refractivity contribution is 8.00. The average molecular weight is 340 g/mol. The Morgan fingerprint density at radius 1 is 1.08 bits per heavy atom. The van der Waals surface area contributed by atoms with Crippen LogP contribution in [0, 0.1) is 0 Å². The van der Waals surface area contributed by atoms with Crippen molar-refractivity contribution in [2.45, 2.75) is 11.4 Å². The number of carbonyl (C=O) groups is 1. The first-order valence-electron chi connectivity index (χ1n) is 7.34. The monoisotopic (exact) mass is 340 g/mol. The van der Waals surface area contributed by atoms with E-state index in [0.29, 0.717) is 18.3 Å². The lowest BCUT2D eigenvalue weighted by molar-refractivity contribution is -0.115. The Kier molecular flexibility index (Phi) is 5.12. The summed E-state index contributed by atoms with van der Waals surface area (Å²) in [6.07, 6.45) is 0.